The molecule has 3 fully saturated rings. The number of alkyl halides is 3. The predicted molar refractivity (Wildman–Crippen MR) is 199 cm³/mol. The number of carboxylic acids is 1. The number of halogens is 6. The van der Waals surface area contributed by atoms with Crippen LogP contribution in [0.3, 0.4) is 0 Å². The maximum atomic E-state index is 15.0. The number of rotatable bonds is 12. The third-order valence-corrected chi connectivity index (χ3v) is 10.1. The van der Waals surface area contributed by atoms with Gasteiger partial charge < -0.3 is 34.6 Å². The van der Waals surface area contributed by atoms with Gasteiger partial charge in [0.2, 0.25) is 0 Å². The number of benzene rings is 3. The number of hydrogen-bond donors (Lipinski definition) is 2. The van der Waals surface area contributed by atoms with E-state index in [1.54, 1.807) is 48.5 Å². The molecule has 7 rings (SSSR count). The number of carbonyl (C=O) groups is 3. The van der Waals surface area contributed by atoms with E-state index in [9.17, 15) is 28.0 Å². The first kappa shape index (κ1) is 42.8. The molecule has 57 heavy (non-hydrogen) atoms. The molecule has 0 saturated carbocycles. The molecule has 3 aliphatic heterocycles. The zero-order valence-corrected chi connectivity index (χ0v) is 31.9. The zero-order chi connectivity index (χ0) is 41.4. The first-order chi connectivity index (χ1) is 27.1. The number of esters is 2. The first-order valence-electron chi connectivity index (χ1n) is 17.4. The molecule has 0 radical (unpaired) electrons. The van der Waals surface area contributed by atoms with Crippen molar-refractivity contribution in [1.82, 2.24) is 4.90 Å². The van der Waals surface area contributed by atoms with Crippen LogP contribution in [0.1, 0.15) is 52.0 Å². The van der Waals surface area contributed by atoms with Crippen LogP contribution in [0.5, 0.6) is 11.5 Å². The fourth-order valence-corrected chi connectivity index (χ4v) is 7.09. The number of hydrogen-bond acceptors (Lipinski definition) is 10. The van der Waals surface area contributed by atoms with Gasteiger partial charge in [0.1, 0.15) is 28.1 Å². The molecule has 3 atom stereocenters. The maximum Gasteiger partial charge on any atom is 0.490 e. The molecular formula is C39H37Cl2F4N3O9. The van der Waals surface area contributed by atoms with Crippen LogP contribution >= 0.6 is 23.2 Å². The van der Waals surface area contributed by atoms with Gasteiger partial charge in [-0.3, -0.25) is 4.90 Å². The molecular weight excluding hydrogens is 801 g/mol. The van der Waals surface area contributed by atoms with E-state index in [0.29, 0.717) is 39.6 Å². The van der Waals surface area contributed by atoms with Crippen LogP contribution < -0.4 is 19.5 Å². The molecule has 2 N–H and O–H groups in total. The Bertz CT molecular complexity index is 2040. The van der Waals surface area contributed by atoms with Crippen LogP contribution in [-0.4, -0.2) is 74.0 Å². The monoisotopic (exact) mass is 837 g/mol. The smallest absolute Gasteiger partial charge is 0.490 e. The lowest BCUT2D eigenvalue weighted by Crippen LogP contribution is -2.52. The van der Waals surface area contributed by atoms with Gasteiger partial charge in [0, 0.05) is 29.8 Å². The van der Waals surface area contributed by atoms with E-state index in [4.69, 9.17) is 52.1 Å². The van der Waals surface area contributed by atoms with Crippen molar-refractivity contribution >= 4 is 46.8 Å². The summed E-state index contributed by atoms with van der Waals surface area (Å²) in [4.78, 5) is 38.3. The average Bonchev–Trinajstić information content (AvgIpc) is 3.18. The highest BCUT2D eigenvalue weighted by Crippen LogP contribution is 2.36. The van der Waals surface area contributed by atoms with Gasteiger partial charge in [-0.05, 0) is 79.9 Å². The number of nitrogens with zero attached hydrogens (tertiary/aromatic N) is 2. The van der Waals surface area contributed by atoms with Crippen LogP contribution in [0.15, 0.2) is 79.1 Å². The number of fused-ring (bicyclic) bond motifs is 3. The molecule has 4 heterocycles. The highest BCUT2D eigenvalue weighted by molar-refractivity contribution is 6.35. The second-order valence-corrected chi connectivity index (χ2v) is 13.9. The minimum absolute atomic E-state index is 0.0470. The van der Waals surface area contributed by atoms with Gasteiger partial charge in [-0.2, -0.15) is 17.9 Å². The standard InChI is InChI=1S/C37H36Cl2FN3O7.C2HF3O2/c1-47-31-12-9-24(17-33(31)48-2)32(18-27-28(38)19-43(46)20-29(27)39)49-36(44)23-7-10-25(11-8-23)41-35(26-5-3-4-6-30(26)40)37(45)50-34-21-42-15-13-22(34)14-16-42;3-2(4,5)1(6)7/h3-12,17,19-20,22,32,34-35,41H,13-16,18,21H2,1-2H3;(H,6,7)/t32?,34-,35?;/m0./s1. The summed E-state index contributed by atoms with van der Waals surface area (Å²) in [5, 5.41) is 22.3. The van der Waals surface area contributed by atoms with Crippen LogP contribution in [0, 0.1) is 16.9 Å². The molecule has 1 aromatic heterocycles. The van der Waals surface area contributed by atoms with Crippen molar-refractivity contribution in [2.75, 3.05) is 39.2 Å². The maximum absolute atomic E-state index is 15.0. The number of carbonyl (C=O) groups excluding carboxylic acids is 2. The third kappa shape index (κ3) is 11.0. The van der Waals surface area contributed by atoms with Gasteiger partial charge in [-0.1, -0.05) is 47.5 Å². The molecule has 0 spiro atoms. The fourth-order valence-electron chi connectivity index (χ4n) is 6.49. The minimum atomic E-state index is -5.08. The van der Waals surface area contributed by atoms with E-state index in [1.807, 2.05) is 0 Å². The minimum Gasteiger partial charge on any atom is -0.619 e. The summed E-state index contributed by atoms with van der Waals surface area (Å²) in [5.74, 6) is -3.35. The molecule has 18 heteroatoms. The number of anilines is 1. The van der Waals surface area contributed by atoms with Crippen LogP contribution in [0.2, 0.25) is 10.0 Å². The molecule has 0 amide bonds. The summed E-state index contributed by atoms with van der Waals surface area (Å²) in [6, 6.07) is 16.3. The van der Waals surface area contributed by atoms with Gasteiger partial charge in [0.05, 0.1) is 19.8 Å². The van der Waals surface area contributed by atoms with Gasteiger partial charge in [0.25, 0.3) is 0 Å². The molecule has 2 unspecified atom stereocenters. The Morgan fingerprint density at radius 2 is 1.58 bits per heavy atom. The number of methoxy groups -OCH3 is 2. The van der Waals surface area contributed by atoms with Crippen molar-refractivity contribution in [2.24, 2.45) is 5.92 Å². The number of carboxylic acid groups (broad SMARTS) is 1. The van der Waals surface area contributed by atoms with E-state index in [2.05, 4.69) is 10.2 Å². The van der Waals surface area contributed by atoms with Crippen molar-refractivity contribution < 1.29 is 60.7 Å². The predicted octanol–water partition coefficient (Wildman–Crippen LogP) is 7.35. The van der Waals surface area contributed by atoms with E-state index in [-0.39, 0.29) is 39.6 Å². The number of piperidine rings is 3. The Balaban J connectivity index is 0.000000811. The Morgan fingerprint density at radius 3 is 2.12 bits per heavy atom. The van der Waals surface area contributed by atoms with E-state index in [1.165, 1.54) is 44.8 Å². The molecule has 12 nitrogen and oxygen atoms in total. The summed E-state index contributed by atoms with van der Waals surface area (Å²) in [6.07, 6.45) is -1.92. The van der Waals surface area contributed by atoms with Crippen molar-refractivity contribution in [1.29, 1.82) is 0 Å². The number of aliphatic carboxylic acids is 1. The normalized spacial score (nSPS) is 18.3. The fraction of sp³-hybridized carbons (Fsp3) is 0.333. The molecule has 0 aliphatic carbocycles. The van der Waals surface area contributed by atoms with Gasteiger partial charge in [0.15, 0.2) is 29.9 Å². The Labute approximate surface area is 334 Å². The summed E-state index contributed by atoms with van der Waals surface area (Å²) in [5.41, 5.74) is 1.80. The summed E-state index contributed by atoms with van der Waals surface area (Å²) in [7, 11) is 3.00. The quantitative estimate of drug-likeness (QED) is 0.0639. The van der Waals surface area contributed by atoms with E-state index in [0.717, 1.165) is 25.9 Å². The SMILES string of the molecule is COc1ccc(C(Cc2c(Cl)c[n+]([O-])cc2Cl)OC(=O)c2ccc(NC(C(=O)O[C@H]3CN4CCC3CC4)c3ccccc3F)cc2)cc1OC.O=C(O)C(F)(F)F. The Hall–Kier alpha value is -5.32. The highest BCUT2D eigenvalue weighted by atomic mass is 35.5. The summed E-state index contributed by atoms with van der Waals surface area (Å²) < 4.78 is 70.1. The number of nitrogens with one attached hydrogen (secondary N) is 1. The molecule has 3 saturated heterocycles. The summed E-state index contributed by atoms with van der Waals surface area (Å²) >= 11 is 12.8. The lowest BCUT2D eigenvalue weighted by atomic mass is 9.86. The molecule has 304 valence electrons. The first-order valence-corrected chi connectivity index (χ1v) is 18.2. The second kappa shape index (κ2) is 18.7. The number of ether oxygens (including phenoxy) is 4. The average molecular weight is 839 g/mol. The Kier molecular flexibility index (Phi) is 14.1. The largest absolute Gasteiger partial charge is 0.619 e. The summed E-state index contributed by atoms with van der Waals surface area (Å²) in [6.45, 7) is 2.66. The van der Waals surface area contributed by atoms with Crippen molar-refractivity contribution in [3.8, 4) is 11.5 Å². The lowest BCUT2D eigenvalue weighted by molar-refractivity contribution is -0.605. The number of aromatic nitrogens is 1. The molecule has 3 aliphatic rings. The zero-order valence-electron chi connectivity index (χ0n) is 30.4. The van der Waals surface area contributed by atoms with Crippen LogP contribution in [-0.2, 0) is 25.5 Å². The lowest BCUT2D eigenvalue weighted by Gasteiger charge is -2.44. The van der Waals surface area contributed by atoms with Crippen LogP contribution in [0.4, 0.5) is 23.2 Å². The van der Waals surface area contributed by atoms with Crippen molar-refractivity contribution in [3.05, 3.63) is 122 Å². The Morgan fingerprint density at radius 1 is 0.965 bits per heavy atom. The van der Waals surface area contributed by atoms with Crippen LogP contribution in [0.25, 0.3) is 0 Å². The van der Waals surface area contributed by atoms with Gasteiger partial charge >= 0.3 is 24.1 Å². The molecule has 3 aromatic carbocycles. The van der Waals surface area contributed by atoms with Crippen molar-refractivity contribution in [3.63, 3.8) is 0 Å². The second-order valence-electron chi connectivity index (χ2n) is 13.1. The molecule has 4 aromatic rings. The van der Waals surface area contributed by atoms with Crippen molar-refractivity contribution in [2.45, 2.75) is 43.7 Å². The van der Waals surface area contributed by atoms with Gasteiger partial charge in [-0.15, -0.1) is 0 Å². The molecule has 2 bridgehead atoms. The third-order valence-electron chi connectivity index (χ3n) is 9.47. The number of pyridine rings is 1. The van der Waals surface area contributed by atoms with Gasteiger partial charge in [-0.25, -0.2) is 18.8 Å². The van der Waals surface area contributed by atoms with E-state index < -0.39 is 42.0 Å². The topological polar surface area (TPSA) is 151 Å². The highest BCUT2D eigenvalue weighted by Gasteiger charge is 2.39. The van der Waals surface area contributed by atoms with E-state index >= 15 is 4.39 Å².